The van der Waals surface area contributed by atoms with Crippen molar-refractivity contribution >= 4 is 0 Å². The molecule has 2 saturated carbocycles. The van der Waals surface area contributed by atoms with Crippen LogP contribution in [0.15, 0.2) is 0 Å². The Morgan fingerprint density at radius 1 is 0.900 bits per heavy atom. The van der Waals surface area contributed by atoms with Crippen LogP contribution < -0.4 is 0 Å². The van der Waals surface area contributed by atoms with Gasteiger partial charge >= 0.3 is 0 Å². The summed E-state index contributed by atoms with van der Waals surface area (Å²) < 4.78 is 5.61. The van der Waals surface area contributed by atoms with Crippen LogP contribution in [0, 0.1) is 23.7 Å². The van der Waals surface area contributed by atoms with E-state index in [0.717, 1.165) is 23.7 Å². The fourth-order valence-corrected chi connectivity index (χ4v) is 4.82. The van der Waals surface area contributed by atoms with Crippen molar-refractivity contribution in [1.29, 1.82) is 0 Å². The van der Waals surface area contributed by atoms with Crippen molar-refractivity contribution in [2.75, 3.05) is 7.11 Å². The van der Waals surface area contributed by atoms with Gasteiger partial charge in [-0.15, -0.1) is 0 Å². The molecule has 3 unspecified atom stereocenters. The van der Waals surface area contributed by atoms with Crippen LogP contribution in [0.4, 0.5) is 0 Å². The zero-order valence-corrected chi connectivity index (χ0v) is 14.1. The maximum atomic E-state index is 5.61. The molecule has 118 valence electrons. The third-order valence-corrected chi connectivity index (χ3v) is 6.21. The smallest absolute Gasteiger partial charge is 0.0597 e. The predicted molar refractivity (Wildman–Crippen MR) is 86.9 cm³/mol. The SMILES string of the molecule is CCCCC[C@H]1CC[C@H](C2CCC(OC)C(C)C2)CC1. The fraction of sp³-hybridized carbons (Fsp3) is 1.00. The van der Waals surface area contributed by atoms with Crippen molar-refractivity contribution in [2.45, 2.75) is 90.6 Å². The van der Waals surface area contributed by atoms with E-state index in [1.54, 1.807) is 0 Å². The number of hydrogen-bond donors (Lipinski definition) is 0. The second-order valence-corrected chi connectivity index (χ2v) is 7.60. The lowest BCUT2D eigenvalue weighted by molar-refractivity contribution is -0.000228. The Morgan fingerprint density at radius 2 is 1.60 bits per heavy atom. The van der Waals surface area contributed by atoms with E-state index in [4.69, 9.17) is 4.74 Å². The van der Waals surface area contributed by atoms with Crippen molar-refractivity contribution in [3.63, 3.8) is 0 Å². The van der Waals surface area contributed by atoms with Gasteiger partial charge in [0.1, 0.15) is 0 Å². The average molecular weight is 280 g/mol. The first-order valence-electron chi connectivity index (χ1n) is 9.27. The minimum Gasteiger partial charge on any atom is -0.381 e. The summed E-state index contributed by atoms with van der Waals surface area (Å²) in [7, 11) is 1.89. The first kappa shape index (κ1) is 16.3. The topological polar surface area (TPSA) is 9.23 Å². The molecule has 3 atom stereocenters. The second-order valence-electron chi connectivity index (χ2n) is 7.60. The van der Waals surface area contributed by atoms with Gasteiger partial charge in [0.15, 0.2) is 0 Å². The molecule has 0 radical (unpaired) electrons. The Kier molecular flexibility index (Phi) is 6.87. The van der Waals surface area contributed by atoms with E-state index in [1.807, 2.05) is 7.11 Å². The van der Waals surface area contributed by atoms with Crippen LogP contribution in [0.1, 0.15) is 84.5 Å². The van der Waals surface area contributed by atoms with Gasteiger partial charge in [-0.05, 0) is 55.8 Å². The van der Waals surface area contributed by atoms with E-state index in [-0.39, 0.29) is 0 Å². The Morgan fingerprint density at radius 3 is 2.20 bits per heavy atom. The summed E-state index contributed by atoms with van der Waals surface area (Å²) in [5.41, 5.74) is 0. The van der Waals surface area contributed by atoms with Crippen LogP contribution in [-0.4, -0.2) is 13.2 Å². The van der Waals surface area contributed by atoms with Gasteiger partial charge in [0.05, 0.1) is 6.10 Å². The molecule has 0 heterocycles. The zero-order chi connectivity index (χ0) is 14.4. The van der Waals surface area contributed by atoms with Crippen LogP contribution in [-0.2, 0) is 4.74 Å². The van der Waals surface area contributed by atoms with Crippen molar-refractivity contribution in [2.24, 2.45) is 23.7 Å². The molecule has 2 fully saturated rings. The van der Waals surface area contributed by atoms with Gasteiger partial charge in [-0.25, -0.2) is 0 Å². The molecule has 0 N–H and O–H groups in total. The van der Waals surface area contributed by atoms with Gasteiger partial charge in [-0.3, -0.25) is 0 Å². The Bertz CT molecular complexity index is 254. The van der Waals surface area contributed by atoms with E-state index in [0.29, 0.717) is 6.10 Å². The van der Waals surface area contributed by atoms with Gasteiger partial charge in [-0.1, -0.05) is 52.4 Å². The van der Waals surface area contributed by atoms with E-state index in [9.17, 15) is 0 Å². The molecule has 0 saturated heterocycles. The van der Waals surface area contributed by atoms with Crippen LogP contribution in [0.2, 0.25) is 0 Å². The summed E-state index contributed by atoms with van der Waals surface area (Å²) in [6, 6.07) is 0. The summed E-state index contributed by atoms with van der Waals surface area (Å²) >= 11 is 0. The Balaban J connectivity index is 1.69. The predicted octanol–water partition coefficient (Wildman–Crippen LogP) is 5.82. The van der Waals surface area contributed by atoms with Gasteiger partial charge in [0.25, 0.3) is 0 Å². The quantitative estimate of drug-likeness (QED) is 0.557. The molecule has 0 bridgehead atoms. The molecule has 2 aliphatic rings. The van der Waals surface area contributed by atoms with E-state index in [2.05, 4.69) is 13.8 Å². The standard InChI is InChI=1S/C19H36O/c1-4-5-6-7-16-8-10-17(11-9-16)18-12-13-19(20-3)15(2)14-18/h15-19H,4-14H2,1-3H3/t15?,16-,17-,18?,19?. The summed E-state index contributed by atoms with van der Waals surface area (Å²) in [6.07, 6.45) is 16.6. The first-order valence-corrected chi connectivity index (χ1v) is 9.27. The zero-order valence-electron chi connectivity index (χ0n) is 14.1. The maximum absolute atomic E-state index is 5.61. The lowest BCUT2D eigenvalue weighted by atomic mass is 9.68. The Labute approximate surface area is 126 Å². The maximum Gasteiger partial charge on any atom is 0.0597 e. The molecule has 0 aromatic heterocycles. The molecular formula is C19H36O. The highest BCUT2D eigenvalue weighted by molar-refractivity contribution is 4.84. The van der Waals surface area contributed by atoms with Crippen molar-refractivity contribution < 1.29 is 4.74 Å². The number of ether oxygens (including phenoxy) is 1. The first-order chi connectivity index (χ1) is 9.74. The Hall–Kier alpha value is -0.0400. The van der Waals surface area contributed by atoms with Gasteiger partial charge in [-0.2, -0.15) is 0 Å². The van der Waals surface area contributed by atoms with Crippen molar-refractivity contribution in [3.05, 3.63) is 0 Å². The third kappa shape index (κ3) is 4.48. The van der Waals surface area contributed by atoms with E-state index >= 15 is 0 Å². The van der Waals surface area contributed by atoms with E-state index < -0.39 is 0 Å². The fourth-order valence-electron chi connectivity index (χ4n) is 4.82. The second kappa shape index (κ2) is 8.41. The summed E-state index contributed by atoms with van der Waals surface area (Å²) in [6.45, 7) is 4.71. The van der Waals surface area contributed by atoms with Crippen LogP contribution in [0.3, 0.4) is 0 Å². The van der Waals surface area contributed by atoms with Crippen molar-refractivity contribution in [1.82, 2.24) is 0 Å². The number of methoxy groups -OCH3 is 1. The summed E-state index contributed by atoms with van der Waals surface area (Å²) in [5.74, 6) is 3.89. The molecule has 0 aliphatic heterocycles. The minimum atomic E-state index is 0.539. The molecule has 0 amide bonds. The van der Waals surface area contributed by atoms with Crippen molar-refractivity contribution in [3.8, 4) is 0 Å². The molecule has 0 aromatic rings. The highest BCUT2D eigenvalue weighted by Gasteiger charge is 2.33. The number of rotatable bonds is 6. The highest BCUT2D eigenvalue weighted by atomic mass is 16.5. The average Bonchev–Trinajstić information content (AvgIpc) is 2.48. The lowest BCUT2D eigenvalue weighted by Crippen LogP contribution is -2.33. The molecular weight excluding hydrogens is 244 g/mol. The van der Waals surface area contributed by atoms with Gasteiger partial charge in [0, 0.05) is 7.11 Å². The third-order valence-electron chi connectivity index (χ3n) is 6.21. The largest absolute Gasteiger partial charge is 0.381 e. The molecule has 1 nitrogen and oxygen atoms in total. The highest BCUT2D eigenvalue weighted by Crippen LogP contribution is 2.43. The lowest BCUT2D eigenvalue weighted by Gasteiger charge is -2.40. The molecule has 20 heavy (non-hydrogen) atoms. The summed E-state index contributed by atoms with van der Waals surface area (Å²) in [4.78, 5) is 0. The van der Waals surface area contributed by atoms with Gasteiger partial charge < -0.3 is 4.74 Å². The molecule has 0 aromatic carbocycles. The van der Waals surface area contributed by atoms with Crippen LogP contribution in [0.25, 0.3) is 0 Å². The number of unbranched alkanes of at least 4 members (excludes halogenated alkanes) is 2. The summed E-state index contributed by atoms with van der Waals surface area (Å²) in [5, 5.41) is 0. The molecule has 2 aliphatic carbocycles. The van der Waals surface area contributed by atoms with Crippen LogP contribution in [0.5, 0.6) is 0 Å². The molecule has 1 heteroatoms. The van der Waals surface area contributed by atoms with E-state index in [1.165, 1.54) is 70.6 Å². The van der Waals surface area contributed by atoms with Crippen LogP contribution >= 0.6 is 0 Å². The normalized spacial score (nSPS) is 38.9. The minimum absolute atomic E-state index is 0.539. The number of hydrogen-bond acceptors (Lipinski definition) is 1. The monoisotopic (exact) mass is 280 g/mol. The van der Waals surface area contributed by atoms with Gasteiger partial charge in [0.2, 0.25) is 0 Å². The molecule has 0 spiro atoms. The molecule has 2 rings (SSSR count).